The monoisotopic (exact) mass is 305 g/mol. The molecule has 1 amide bonds. The summed E-state index contributed by atoms with van der Waals surface area (Å²) in [5, 5.41) is 10.7. The Morgan fingerprint density at radius 3 is 2.71 bits per heavy atom. The first-order valence-electron chi connectivity index (χ1n) is 4.53. The minimum absolute atomic E-state index is 0.224. The lowest BCUT2D eigenvalue weighted by atomic mass is 10.3. The number of hydrogen-bond acceptors (Lipinski definition) is 3. The average Bonchev–Trinajstić information content (AvgIpc) is 2.23. The molecule has 0 heterocycles. The van der Waals surface area contributed by atoms with Crippen molar-refractivity contribution in [2.75, 3.05) is 18.5 Å². The summed E-state index contributed by atoms with van der Waals surface area (Å²) >= 11 is 2.97. The second kappa shape index (κ2) is 6.31. The number of aliphatic carboxylic acids is 1. The van der Waals surface area contributed by atoms with E-state index in [4.69, 9.17) is 5.11 Å². The highest BCUT2D eigenvalue weighted by Crippen LogP contribution is 2.19. The van der Waals surface area contributed by atoms with E-state index in [0.717, 1.165) is 0 Å². The minimum Gasteiger partial charge on any atom is -0.480 e. The molecule has 7 heteroatoms. The molecule has 0 aliphatic rings. The molecular formula is C10H9BrFNO4. The Bertz CT molecular complexity index is 438. The molecule has 2 N–H and O–H groups in total. The smallest absolute Gasteiger partial charge is 0.329 e. The van der Waals surface area contributed by atoms with Crippen molar-refractivity contribution < 1.29 is 23.8 Å². The van der Waals surface area contributed by atoms with Crippen LogP contribution in [0.4, 0.5) is 10.1 Å². The van der Waals surface area contributed by atoms with Crippen molar-refractivity contribution in [3.8, 4) is 0 Å². The Morgan fingerprint density at radius 2 is 2.12 bits per heavy atom. The Hall–Kier alpha value is -1.47. The van der Waals surface area contributed by atoms with Crippen LogP contribution in [-0.4, -0.2) is 30.2 Å². The molecule has 1 aromatic rings. The highest BCUT2D eigenvalue weighted by molar-refractivity contribution is 9.10. The average molecular weight is 306 g/mol. The summed E-state index contributed by atoms with van der Waals surface area (Å²) in [6, 6.07) is 3.97. The lowest BCUT2D eigenvalue weighted by Gasteiger charge is -2.05. The number of carboxylic acids is 1. The van der Waals surface area contributed by atoms with Crippen LogP contribution in [0.3, 0.4) is 0 Å². The quantitative estimate of drug-likeness (QED) is 0.867. The fraction of sp³-hybridized carbons (Fsp3) is 0.200. The maximum Gasteiger partial charge on any atom is 0.329 e. The van der Waals surface area contributed by atoms with Crippen LogP contribution < -0.4 is 5.32 Å². The zero-order valence-corrected chi connectivity index (χ0v) is 10.2. The van der Waals surface area contributed by atoms with E-state index in [-0.39, 0.29) is 11.1 Å². The van der Waals surface area contributed by atoms with Gasteiger partial charge in [0.1, 0.15) is 19.0 Å². The number of carboxylic acid groups (broad SMARTS) is 1. The van der Waals surface area contributed by atoms with Crippen molar-refractivity contribution in [1.29, 1.82) is 0 Å². The van der Waals surface area contributed by atoms with Crippen molar-refractivity contribution in [1.82, 2.24) is 0 Å². The summed E-state index contributed by atoms with van der Waals surface area (Å²) in [4.78, 5) is 21.4. The van der Waals surface area contributed by atoms with E-state index in [2.05, 4.69) is 26.0 Å². The summed E-state index contributed by atoms with van der Waals surface area (Å²) in [7, 11) is 0. The van der Waals surface area contributed by atoms with E-state index < -0.39 is 24.3 Å². The van der Waals surface area contributed by atoms with Gasteiger partial charge in [0.25, 0.3) is 0 Å². The van der Waals surface area contributed by atoms with Crippen LogP contribution in [0.2, 0.25) is 0 Å². The number of benzene rings is 1. The van der Waals surface area contributed by atoms with Crippen LogP contribution in [0.5, 0.6) is 0 Å². The number of amides is 1. The first kappa shape index (κ1) is 13.6. The van der Waals surface area contributed by atoms with Gasteiger partial charge in [-0.2, -0.15) is 0 Å². The first-order chi connectivity index (χ1) is 7.99. The van der Waals surface area contributed by atoms with Crippen LogP contribution in [0.25, 0.3) is 0 Å². The predicted octanol–water partition coefficient (Wildman–Crippen LogP) is 1.63. The van der Waals surface area contributed by atoms with Gasteiger partial charge >= 0.3 is 5.97 Å². The van der Waals surface area contributed by atoms with Gasteiger partial charge in [-0.15, -0.1) is 0 Å². The van der Waals surface area contributed by atoms with Gasteiger partial charge in [0, 0.05) is 5.69 Å². The molecule has 0 aliphatic carbocycles. The number of rotatable bonds is 5. The van der Waals surface area contributed by atoms with E-state index in [1.807, 2.05) is 0 Å². The molecule has 0 unspecified atom stereocenters. The molecule has 0 aromatic heterocycles. The maximum atomic E-state index is 12.9. The summed E-state index contributed by atoms with van der Waals surface area (Å²) < 4.78 is 17.7. The van der Waals surface area contributed by atoms with Crippen molar-refractivity contribution in [2.45, 2.75) is 0 Å². The summed E-state index contributed by atoms with van der Waals surface area (Å²) in [5.41, 5.74) is 0.391. The van der Waals surface area contributed by atoms with Gasteiger partial charge < -0.3 is 15.2 Å². The molecule has 1 rings (SSSR count). The molecule has 0 radical (unpaired) electrons. The predicted molar refractivity (Wildman–Crippen MR) is 61.2 cm³/mol. The van der Waals surface area contributed by atoms with Gasteiger partial charge in [-0.25, -0.2) is 9.18 Å². The van der Waals surface area contributed by atoms with Gasteiger partial charge in [0.2, 0.25) is 5.91 Å². The van der Waals surface area contributed by atoms with Gasteiger partial charge in [-0.3, -0.25) is 4.79 Å². The number of carbonyl (C=O) groups excluding carboxylic acids is 1. The highest BCUT2D eigenvalue weighted by Gasteiger charge is 2.06. The third-order valence-electron chi connectivity index (χ3n) is 1.66. The van der Waals surface area contributed by atoms with Gasteiger partial charge in [-0.05, 0) is 34.1 Å². The van der Waals surface area contributed by atoms with Crippen LogP contribution in [0, 0.1) is 5.82 Å². The lowest BCUT2D eigenvalue weighted by Crippen LogP contribution is -2.20. The fourth-order valence-corrected chi connectivity index (χ4v) is 1.38. The summed E-state index contributed by atoms with van der Waals surface area (Å²) in [6.07, 6.45) is 0. The number of anilines is 1. The molecule has 5 nitrogen and oxygen atoms in total. The SMILES string of the molecule is O=C(O)COCC(=O)Nc1ccc(F)c(Br)c1. The molecule has 0 saturated heterocycles. The Labute approximate surface area is 105 Å². The topological polar surface area (TPSA) is 75.6 Å². The van der Waals surface area contributed by atoms with E-state index in [9.17, 15) is 14.0 Å². The Kier molecular flexibility index (Phi) is 5.05. The maximum absolute atomic E-state index is 12.9. The molecule has 0 fully saturated rings. The van der Waals surface area contributed by atoms with Gasteiger partial charge in [-0.1, -0.05) is 0 Å². The van der Waals surface area contributed by atoms with Crippen molar-refractivity contribution in [2.24, 2.45) is 0 Å². The Balaban J connectivity index is 2.45. The van der Waals surface area contributed by atoms with Crippen molar-refractivity contribution >= 4 is 33.5 Å². The summed E-state index contributed by atoms with van der Waals surface area (Å²) in [5.74, 6) is -2.10. The number of ether oxygens (including phenoxy) is 1. The molecule has 0 bridgehead atoms. The fourth-order valence-electron chi connectivity index (χ4n) is 1.00. The Morgan fingerprint density at radius 1 is 1.41 bits per heavy atom. The number of halogens is 2. The van der Waals surface area contributed by atoms with Crippen molar-refractivity contribution in [3.63, 3.8) is 0 Å². The van der Waals surface area contributed by atoms with E-state index in [0.29, 0.717) is 5.69 Å². The van der Waals surface area contributed by atoms with E-state index in [1.165, 1.54) is 18.2 Å². The second-order valence-corrected chi connectivity index (χ2v) is 3.92. The summed E-state index contributed by atoms with van der Waals surface area (Å²) in [6.45, 7) is -0.915. The number of nitrogens with one attached hydrogen (secondary N) is 1. The molecule has 17 heavy (non-hydrogen) atoms. The molecule has 0 saturated carbocycles. The van der Waals surface area contributed by atoms with E-state index in [1.54, 1.807) is 0 Å². The molecule has 0 aliphatic heterocycles. The molecular weight excluding hydrogens is 297 g/mol. The first-order valence-corrected chi connectivity index (χ1v) is 5.33. The van der Waals surface area contributed by atoms with Crippen LogP contribution in [-0.2, 0) is 14.3 Å². The van der Waals surface area contributed by atoms with Gasteiger partial charge in [0.15, 0.2) is 0 Å². The highest BCUT2D eigenvalue weighted by atomic mass is 79.9. The minimum atomic E-state index is -1.15. The van der Waals surface area contributed by atoms with Crippen molar-refractivity contribution in [3.05, 3.63) is 28.5 Å². The molecule has 0 atom stereocenters. The molecule has 0 spiro atoms. The third kappa shape index (κ3) is 4.92. The van der Waals surface area contributed by atoms with Crippen LogP contribution >= 0.6 is 15.9 Å². The standard InChI is InChI=1S/C10H9BrFNO4/c11-7-3-6(1-2-8(7)12)13-9(14)4-17-5-10(15)16/h1-3H,4-5H2,(H,13,14)(H,15,16). The lowest BCUT2D eigenvalue weighted by molar-refractivity contribution is -0.143. The number of hydrogen-bond donors (Lipinski definition) is 2. The number of carbonyl (C=O) groups is 2. The van der Waals surface area contributed by atoms with Crippen LogP contribution in [0.15, 0.2) is 22.7 Å². The van der Waals surface area contributed by atoms with E-state index >= 15 is 0 Å². The third-order valence-corrected chi connectivity index (χ3v) is 2.27. The van der Waals surface area contributed by atoms with Gasteiger partial charge in [0.05, 0.1) is 4.47 Å². The zero-order valence-electron chi connectivity index (χ0n) is 8.57. The zero-order chi connectivity index (χ0) is 12.8. The second-order valence-electron chi connectivity index (χ2n) is 3.06. The molecule has 1 aromatic carbocycles. The van der Waals surface area contributed by atoms with Crippen LogP contribution in [0.1, 0.15) is 0 Å². The normalized spacial score (nSPS) is 10.0. The molecule has 92 valence electrons. The largest absolute Gasteiger partial charge is 0.480 e.